The van der Waals surface area contributed by atoms with Gasteiger partial charge in [0, 0.05) is 12.2 Å². The summed E-state index contributed by atoms with van der Waals surface area (Å²) in [6.45, 7) is 4.01. The third-order valence-electron chi connectivity index (χ3n) is 2.93. The van der Waals surface area contributed by atoms with Crippen LogP contribution < -0.4 is 0 Å². The number of alkyl halides is 5. The predicted molar refractivity (Wildman–Crippen MR) is 77.3 cm³/mol. The van der Waals surface area contributed by atoms with Crippen LogP contribution in [0.5, 0.6) is 0 Å². The third kappa shape index (κ3) is 8.19. The topological polar surface area (TPSA) is 26.3 Å². The molecule has 0 aliphatic heterocycles. The molecule has 1 atom stereocenters. The number of carbonyl (C=O) groups excluding carboxylic acids is 1. The first-order chi connectivity index (χ1) is 10.2. The summed E-state index contributed by atoms with van der Waals surface area (Å²) >= 11 is 0.819. The van der Waals surface area contributed by atoms with Crippen molar-refractivity contribution in [2.45, 2.75) is 69.7 Å². The van der Waals surface area contributed by atoms with Crippen LogP contribution in [0.4, 0.5) is 22.0 Å². The van der Waals surface area contributed by atoms with Gasteiger partial charge in [0.2, 0.25) is 0 Å². The number of hydrogen-bond acceptors (Lipinski definition) is 3. The van der Waals surface area contributed by atoms with E-state index in [4.69, 9.17) is 4.74 Å². The van der Waals surface area contributed by atoms with Crippen molar-refractivity contribution in [2.75, 3.05) is 12.4 Å². The Balaban J connectivity index is 4.41. The highest BCUT2D eigenvalue weighted by Gasteiger charge is 2.56. The van der Waals surface area contributed by atoms with E-state index in [2.05, 4.69) is 0 Å². The van der Waals surface area contributed by atoms with Crippen molar-refractivity contribution < 1.29 is 31.5 Å². The number of ether oxygens (including phenoxy) is 1. The lowest BCUT2D eigenvalue weighted by molar-refractivity contribution is -0.282. The number of hydrogen-bond donors (Lipinski definition) is 0. The maximum absolute atomic E-state index is 12.8. The molecule has 2 nitrogen and oxygen atoms in total. The molecule has 8 heteroatoms. The largest absolute Gasteiger partial charge is 0.465 e. The van der Waals surface area contributed by atoms with E-state index in [9.17, 15) is 26.7 Å². The standard InChI is InChI=1S/C14H23F5O2S/c1-3-5-6-7-11(12(20)21-9-4-2)22-10-8-13(15,16)14(17,18)19/h11H,3-10H2,1-2H3. The number of carbonyl (C=O) groups is 1. The van der Waals surface area contributed by atoms with Crippen molar-refractivity contribution in [1.82, 2.24) is 0 Å². The summed E-state index contributed by atoms with van der Waals surface area (Å²) in [5.74, 6) is -5.69. The first-order valence-electron chi connectivity index (χ1n) is 7.38. The van der Waals surface area contributed by atoms with Crippen LogP contribution in [0.1, 0.15) is 52.4 Å². The van der Waals surface area contributed by atoms with Crippen LogP contribution in [-0.4, -0.2) is 35.7 Å². The van der Waals surface area contributed by atoms with Gasteiger partial charge in [-0.25, -0.2) is 0 Å². The van der Waals surface area contributed by atoms with Crippen LogP contribution in [0.25, 0.3) is 0 Å². The molecule has 0 spiro atoms. The summed E-state index contributed by atoms with van der Waals surface area (Å²) in [5, 5.41) is -0.679. The molecule has 0 saturated heterocycles. The molecular weight excluding hydrogens is 327 g/mol. The van der Waals surface area contributed by atoms with Gasteiger partial charge in [0.25, 0.3) is 0 Å². The lowest BCUT2D eigenvalue weighted by Gasteiger charge is -2.21. The van der Waals surface area contributed by atoms with Gasteiger partial charge in [-0.2, -0.15) is 22.0 Å². The van der Waals surface area contributed by atoms with Crippen molar-refractivity contribution in [3.8, 4) is 0 Å². The molecule has 0 amide bonds. The first-order valence-corrected chi connectivity index (χ1v) is 8.43. The molecule has 0 aromatic heterocycles. The second-order valence-corrected chi connectivity index (χ2v) is 6.29. The zero-order valence-electron chi connectivity index (χ0n) is 12.8. The average Bonchev–Trinajstić information content (AvgIpc) is 2.41. The van der Waals surface area contributed by atoms with Crippen LogP contribution in [0, 0.1) is 0 Å². The molecule has 0 saturated carbocycles. The van der Waals surface area contributed by atoms with Gasteiger partial charge in [0.15, 0.2) is 0 Å². The fourth-order valence-electron chi connectivity index (χ4n) is 1.62. The molecule has 0 heterocycles. The van der Waals surface area contributed by atoms with Crippen molar-refractivity contribution >= 4 is 17.7 Å². The minimum Gasteiger partial charge on any atom is -0.465 e. The number of esters is 1. The predicted octanol–water partition coefficient (Wildman–Crippen LogP) is 5.21. The summed E-state index contributed by atoms with van der Waals surface area (Å²) in [7, 11) is 0. The summed E-state index contributed by atoms with van der Waals surface area (Å²) in [5.41, 5.74) is 0. The van der Waals surface area contributed by atoms with Crippen LogP contribution in [0.15, 0.2) is 0 Å². The molecule has 0 N–H and O–H groups in total. The Labute approximate surface area is 132 Å². The molecule has 0 bridgehead atoms. The Hall–Kier alpha value is -0.530. The molecule has 132 valence electrons. The number of unbranched alkanes of at least 4 members (excludes halogenated alkanes) is 2. The molecule has 0 fully saturated rings. The number of thioether (sulfide) groups is 1. The van der Waals surface area contributed by atoms with Crippen LogP contribution >= 0.6 is 11.8 Å². The maximum atomic E-state index is 12.8. The monoisotopic (exact) mass is 350 g/mol. The van der Waals surface area contributed by atoms with Crippen molar-refractivity contribution in [3.63, 3.8) is 0 Å². The Morgan fingerprint density at radius 1 is 1.09 bits per heavy atom. The van der Waals surface area contributed by atoms with Crippen molar-refractivity contribution in [1.29, 1.82) is 0 Å². The fourth-order valence-corrected chi connectivity index (χ4v) is 2.81. The molecule has 1 unspecified atom stereocenters. The van der Waals surface area contributed by atoms with E-state index in [0.29, 0.717) is 19.3 Å². The van der Waals surface area contributed by atoms with E-state index in [0.717, 1.165) is 24.6 Å². The molecule has 0 radical (unpaired) electrons. The van der Waals surface area contributed by atoms with E-state index in [1.165, 1.54) is 0 Å². The van der Waals surface area contributed by atoms with E-state index < -0.39 is 35.5 Å². The molecule has 0 aliphatic rings. The highest BCUT2D eigenvalue weighted by molar-refractivity contribution is 8.00. The van der Waals surface area contributed by atoms with Gasteiger partial charge in [-0.1, -0.05) is 33.1 Å². The minimum atomic E-state index is -5.55. The minimum absolute atomic E-state index is 0.225. The average molecular weight is 350 g/mol. The first kappa shape index (κ1) is 21.5. The van der Waals surface area contributed by atoms with Gasteiger partial charge in [-0.05, 0) is 12.8 Å². The quantitative estimate of drug-likeness (QED) is 0.291. The number of rotatable bonds is 11. The highest BCUT2D eigenvalue weighted by Crippen LogP contribution is 2.39. The molecule has 0 aromatic carbocycles. The van der Waals surface area contributed by atoms with E-state index in [1.54, 1.807) is 0 Å². The highest BCUT2D eigenvalue weighted by atomic mass is 32.2. The normalized spacial score (nSPS) is 14.0. The van der Waals surface area contributed by atoms with Crippen molar-refractivity contribution in [3.05, 3.63) is 0 Å². The Morgan fingerprint density at radius 3 is 2.23 bits per heavy atom. The van der Waals surface area contributed by atoms with Crippen LogP contribution in [0.2, 0.25) is 0 Å². The smallest absolute Gasteiger partial charge is 0.453 e. The van der Waals surface area contributed by atoms with E-state index in [1.807, 2.05) is 13.8 Å². The SMILES string of the molecule is CCCCCC(SCCC(F)(F)C(F)(F)F)C(=O)OCCC. The van der Waals surface area contributed by atoms with Gasteiger partial charge >= 0.3 is 18.1 Å². The maximum Gasteiger partial charge on any atom is 0.453 e. The molecule has 0 rings (SSSR count). The third-order valence-corrected chi connectivity index (χ3v) is 4.20. The van der Waals surface area contributed by atoms with E-state index >= 15 is 0 Å². The lowest BCUT2D eigenvalue weighted by atomic mass is 10.1. The zero-order valence-corrected chi connectivity index (χ0v) is 13.7. The molecular formula is C14H23F5O2S. The van der Waals surface area contributed by atoms with Gasteiger partial charge in [-0.3, -0.25) is 4.79 Å². The van der Waals surface area contributed by atoms with Gasteiger partial charge < -0.3 is 4.74 Å². The second-order valence-electron chi connectivity index (χ2n) is 4.97. The molecule has 22 heavy (non-hydrogen) atoms. The number of halogens is 5. The summed E-state index contributed by atoms with van der Waals surface area (Å²) in [6.07, 6.45) is -3.31. The summed E-state index contributed by atoms with van der Waals surface area (Å²) in [4.78, 5) is 11.8. The van der Waals surface area contributed by atoms with Crippen LogP contribution in [-0.2, 0) is 9.53 Å². The zero-order chi connectivity index (χ0) is 17.2. The lowest BCUT2D eigenvalue weighted by Crippen LogP contribution is -2.37. The Kier molecular flexibility index (Phi) is 10.0. The molecule has 0 aromatic rings. The van der Waals surface area contributed by atoms with Crippen molar-refractivity contribution in [2.24, 2.45) is 0 Å². The van der Waals surface area contributed by atoms with Gasteiger partial charge in [0.05, 0.1) is 6.61 Å². The fraction of sp³-hybridized carbons (Fsp3) is 0.929. The molecule has 0 aliphatic carbocycles. The van der Waals surface area contributed by atoms with E-state index in [-0.39, 0.29) is 6.61 Å². The Bertz CT molecular complexity index is 321. The van der Waals surface area contributed by atoms with Crippen LogP contribution in [0.3, 0.4) is 0 Å². The Morgan fingerprint density at radius 2 is 1.73 bits per heavy atom. The van der Waals surface area contributed by atoms with Gasteiger partial charge in [0.1, 0.15) is 5.25 Å². The van der Waals surface area contributed by atoms with Gasteiger partial charge in [-0.15, -0.1) is 11.8 Å². The second kappa shape index (κ2) is 10.3. The summed E-state index contributed by atoms with van der Waals surface area (Å²) < 4.78 is 66.9. The summed E-state index contributed by atoms with van der Waals surface area (Å²) in [6, 6.07) is 0.